The van der Waals surface area contributed by atoms with Crippen LogP contribution in [0.25, 0.3) is 0 Å². The summed E-state index contributed by atoms with van der Waals surface area (Å²) in [5.74, 6) is -0.147. The molecule has 0 fully saturated rings. The molecule has 0 aliphatic heterocycles. The maximum Gasteiger partial charge on any atom is 0.127 e. The van der Waals surface area contributed by atoms with Crippen LogP contribution < -0.4 is 5.32 Å². The molecule has 3 heteroatoms. The van der Waals surface area contributed by atoms with Crippen molar-refractivity contribution in [3.8, 4) is 0 Å². The number of nitrogens with zero attached hydrogens (tertiary/aromatic N) is 1. The summed E-state index contributed by atoms with van der Waals surface area (Å²) in [6.45, 7) is 2.60. The Morgan fingerprint density at radius 2 is 2.00 bits per heavy atom. The van der Waals surface area contributed by atoms with Crippen LogP contribution in [0.5, 0.6) is 0 Å². The first-order chi connectivity index (χ1) is 6.61. The van der Waals surface area contributed by atoms with Crippen LogP contribution in [0.15, 0.2) is 24.3 Å². The van der Waals surface area contributed by atoms with Crippen molar-refractivity contribution in [2.75, 3.05) is 14.1 Å². The molecule has 0 aliphatic carbocycles. The fraction of sp³-hybridized carbons (Fsp3) is 0.455. The van der Waals surface area contributed by atoms with Crippen LogP contribution >= 0.6 is 0 Å². The number of hydrogen-bond acceptors (Lipinski definition) is 2. The van der Waals surface area contributed by atoms with Gasteiger partial charge in [-0.3, -0.25) is 10.2 Å². The Hall–Kier alpha value is -0.930. The predicted molar refractivity (Wildman–Crippen MR) is 56.4 cm³/mol. The minimum absolute atomic E-state index is 0.147. The molecular weight excluding hydrogens is 179 g/mol. The van der Waals surface area contributed by atoms with E-state index in [1.165, 1.54) is 6.07 Å². The lowest BCUT2D eigenvalue weighted by molar-refractivity contribution is 0.263. The standard InChI is InChI=1S/C11H17FN2/c1-9(14(2)3)13-8-10-6-4-5-7-11(10)12/h4-7,9,13H,8H2,1-3H3. The minimum Gasteiger partial charge on any atom is -0.298 e. The summed E-state index contributed by atoms with van der Waals surface area (Å²) in [4.78, 5) is 2.04. The first-order valence-corrected chi connectivity index (χ1v) is 4.74. The van der Waals surface area contributed by atoms with Crippen molar-refractivity contribution < 1.29 is 4.39 Å². The van der Waals surface area contributed by atoms with Crippen LogP contribution in [-0.2, 0) is 6.54 Å². The second-order valence-corrected chi connectivity index (χ2v) is 3.61. The quantitative estimate of drug-likeness (QED) is 0.739. The Morgan fingerprint density at radius 3 is 2.57 bits per heavy atom. The molecule has 0 radical (unpaired) electrons. The van der Waals surface area contributed by atoms with E-state index in [-0.39, 0.29) is 12.0 Å². The zero-order valence-electron chi connectivity index (χ0n) is 8.92. The van der Waals surface area contributed by atoms with Gasteiger partial charge in [-0.25, -0.2) is 4.39 Å². The lowest BCUT2D eigenvalue weighted by Gasteiger charge is -2.21. The van der Waals surface area contributed by atoms with Crippen LogP contribution in [0.1, 0.15) is 12.5 Å². The fourth-order valence-electron chi connectivity index (χ4n) is 1.08. The van der Waals surface area contributed by atoms with E-state index in [4.69, 9.17) is 0 Å². The second-order valence-electron chi connectivity index (χ2n) is 3.61. The highest BCUT2D eigenvalue weighted by atomic mass is 19.1. The highest BCUT2D eigenvalue weighted by Crippen LogP contribution is 2.05. The molecule has 1 rings (SSSR count). The first kappa shape index (κ1) is 11.1. The van der Waals surface area contributed by atoms with E-state index in [2.05, 4.69) is 5.32 Å². The highest BCUT2D eigenvalue weighted by molar-refractivity contribution is 5.16. The summed E-state index contributed by atoms with van der Waals surface area (Å²) in [7, 11) is 3.97. The molecule has 0 spiro atoms. The molecule has 1 aromatic carbocycles. The van der Waals surface area contributed by atoms with Gasteiger partial charge in [0.2, 0.25) is 0 Å². The molecule has 0 saturated carbocycles. The van der Waals surface area contributed by atoms with Gasteiger partial charge < -0.3 is 0 Å². The molecular formula is C11H17FN2. The van der Waals surface area contributed by atoms with Gasteiger partial charge in [0.05, 0.1) is 6.17 Å². The third-order valence-electron chi connectivity index (χ3n) is 2.32. The van der Waals surface area contributed by atoms with Crippen LogP contribution in [0, 0.1) is 5.82 Å². The number of rotatable bonds is 4. The van der Waals surface area contributed by atoms with E-state index >= 15 is 0 Å². The number of nitrogens with one attached hydrogen (secondary N) is 1. The molecule has 2 nitrogen and oxygen atoms in total. The molecule has 1 atom stereocenters. The normalized spacial score (nSPS) is 13.2. The molecule has 0 heterocycles. The number of benzene rings is 1. The van der Waals surface area contributed by atoms with Crippen molar-refractivity contribution in [1.82, 2.24) is 10.2 Å². The van der Waals surface area contributed by atoms with E-state index in [1.54, 1.807) is 12.1 Å². The van der Waals surface area contributed by atoms with E-state index < -0.39 is 0 Å². The Bertz CT molecular complexity index is 286. The third-order valence-corrected chi connectivity index (χ3v) is 2.32. The van der Waals surface area contributed by atoms with E-state index in [0.29, 0.717) is 12.1 Å². The van der Waals surface area contributed by atoms with Crippen molar-refractivity contribution >= 4 is 0 Å². The van der Waals surface area contributed by atoms with E-state index in [1.807, 2.05) is 32.0 Å². The van der Waals surface area contributed by atoms with Crippen LogP contribution in [0.2, 0.25) is 0 Å². The molecule has 1 N–H and O–H groups in total. The Kier molecular flexibility index (Phi) is 4.04. The third kappa shape index (κ3) is 3.09. The van der Waals surface area contributed by atoms with Gasteiger partial charge in [-0.2, -0.15) is 0 Å². The lowest BCUT2D eigenvalue weighted by Crippen LogP contribution is -2.38. The van der Waals surface area contributed by atoms with Gasteiger partial charge >= 0.3 is 0 Å². The summed E-state index contributed by atoms with van der Waals surface area (Å²) in [6.07, 6.45) is 0.245. The van der Waals surface area contributed by atoms with Crippen molar-refractivity contribution in [1.29, 1.82) is 0 Å². The smallest absolute Gasteiger partial charge is 0.127 e. The van der Waals surface area contributed by atoms with Crippen LogP contribution in [0.4, 0.5) is 4.39 Å². The number of halogens is 1. The predicted octanol–water partition coefficient (Wildman–Crippen LogP) is 1.82. The van der Waals surface area contributed by atoms with Gasteiger partial charge in [0.1, 0.15) is 5.82 Å². The molecule has 1 aromatic rings. The summed E-state index contributed by atoms with van der Waals surface area (Å²) >= 11 is 0. The van der Waals surface area contributed by atoms with Gasteiger partial charge in [0.15, 0.2) is 0 Å². The maximum absolute atomic E-state index is 13.2. The van der Waals surface area contributed by atoms with Crippen molar-refractivity contribution in [2.45, 2.75) is 19.6 Å². The SMILES string of the molecule is CC(NCc1ccccc1F)N(C)C. The Labute approximate surface area is 84.7 Å². The number of hydrogen-bond donors (Lipinski definition) is 1. The molecule has 78 valence electrons. The Balaban J connectivity index is 2.50. The van der Waals surface area contributed by atoms with Gasteiger partial charge in [0, 0.05) is 12.1 Å². The monoisotopic (exact) mass is 196 g/mol. The minimum atomic E-state index is -0.147. The summed E-state index contributed by atoms with van der Waals surface area (Å²) in [5.41, 5.74) is 0.709. The molecule has 1 unspecified atom stereocenters. The van der Waals surface area contributed by atoms with Crippen molar-refractivity contribution in [3.63, 3.8) is 0 Å². The molecule has 0 aromatic heterocycles. The fourth-order valence-corrected chi connectivity index (χ4v) is 1.08. The van der Waals surface area contributed by atoms with Crippen LogP contribution in [-0.4, -0.2) is 25.2 Å². The second kappa shape index (κ2) is 5.08. The first-order valence-electron chi connectivity index (χ1n) is 4.74. The van der Waals surface area contributed by atoms with Gasteiger partial charge in [-0.15, -0.1) is 0 Å². The van der Waals surface area contributed by atoms with E-state index in [9.17, 15) is 4.39 Å². The average molecular weight is 196 g/mol. The Morgan fingerprint density at radius 1 is 1.36 bits per heavy atom. The highest BCUT2D eigenvalue weighted by Gasteiger charge is 2.05. The van der Waals surface area contributed by atoms with Crippen LogP contribution in [0.3, 0.4) is 0 Å². The van der Waals surface area contributed by atoms with E-state index in [0.717, 1.165) is 0 Å². The average Bonchev–Trinajstić information content (AvgIpc) is 2.16. The zero-order chi connectivity index (χ0) is 10.6. The summed E-state index contributed by atoms with van der Waals surface area (Å²) in [5, 5.41) is 3.23. The zero-order valence-corrected chi connectivity index (χ0v) is 8.92. The largest absolute Gasteiger partial charge is 0.298 e. The molecule has 0 bridgehead atoms. The molecule has 14 heavy (non-hydrogen) atoms. The lowest BCUT2D eigenvalue weighted by atomic mass is 10.2. The van der Waals surface area contributed by atoms with Gasteiger partial charge in [-0.05, 0) is 27.1 Å². The molecule has 0 saturated heterocycles. The summed E-state index contributed by atoms with van der Waals surface area (Å²) < 4.78 is 13.2. The van der Waals surface area contributed by atoms with Crippen molar-refractivity contribution in [2.24, 2.45) is 0 Å². The van der Waals surface area contributed by atoms with Gasteiger partial charge in [-0.1, -0.05) is 18.2 Å². The van der Waals surface area contributed by atoms with Gasteiger partial charge in [0.25, 0.3) is 0 Å². The summed E-state index contributed by atoms with van der Waals surface area (Å²) in [6, 6.07) is 6.83. The topological polar surface area (TPSA) is 15.3 Å². The maximum atomic E-state index is 13.2. The molecule has 0 amide bonds. The molecule has 0 aliphatic rings. The van der Waals surface area contributed by atoms with Crippen molar-refractivity contribution in [3.05, 3.63) is 35.6 Å².